The summed E-state index contributed by atoms with van der Waals surface area (Å²) >= 11 is 1.56. The molecular weight excluding hydrogens is 380 g/mol. The van der Waals surface area contributed by atoms with Gasteiger partial charge in [0.1, 0.15) is 5.82 Å². The Morgan fingerprint density at radius 3 is 2.59 bits per heavy atom. The van der Waals surface area contributed by atoms with E-state index in [9.17, 15) is 4.79 Å². The molecule has 5 aromatic rings. The number of hydrogen-bond acceptors (Lipinski definition) is 4. The molecule has 1 amide bonds. The number of aromatic nitrogens is 3. The van der Waals surface area contributed by atoms with Crippen LogP contribution in [-0.2, 0) is 4.79 Å². The second kappa shape index (κ2) is 6.83. The largest absolute Gasteiger partial charge is 0.320 e. The van der Waals surface area contributed by atoms with Crippen LogP contribution < -0.4 is 5.32 Å². The summed E-state index contributed by atoms with van der Waals surface area (Å²) in [5.41, 5.74) is 4.48. The van der Waals surface area contributed by atoms with Crippen LogP contribution in [0.5, 0.6) is 0 Å². The monoisotopic (exact) mass is 398 g/mol. The molecule has 29 heavy (non-hydrogen) atoms. The van der Waals surface area contributed by atoms with E-state index >= 15 is 0 Å². The third kappa shape index (κ3) is 2.98. The molecule has 0 fully saturated rings. The molecule has 5 rings (SSSR count). The maximum atomic E-state index is 12.8. The molecule has 0 saturated heterocycles. The van der Waals surface area contributed by atoms with Crippen molar-refractivity contribution in [3.05, 3.63) is 76.5 Å². The van der Waals surface area contributed by atoms with Gasteiger partial charge in [-0.05, 0) is 32.1 Å². The van der Waals surface area contributed by atoms with Gasteiger partial charge in [-0.15, -0.1) is 11.3 Å². The number of amides is 1. The van der Waals surface area contributed by atoms with Crippen molar-refractivity contribution in [3.63, 3.8) is 0 Å². The van der Waals surface area contributed by atoms with Crippen LogP contribution in [0.3, 0.4) is 0 Å². The minimum Gasteiger partial charge on any atom is -0.320 e. The molecule has 3 aromatic heterocycles. The minimum absolute atomic E-state index is 0.188. The van der Waals surface area contributed by atoms with E-state index in [2.05, 4.69) is 20.8 Å². The van der Waals surface area contributed by atoms with Crippen LogP contribution in [0, 0.1) is 13.8 Å². The van der Waals surface area contributed by atoms with Crippen LogP contribution in [0.1, 0.15) is 16.5 Å². The number of carbonyl (C=O) groups is 1. The Labute approximate surface area is 171 Å². The standard InChI is InChI=1S/C23H18N4OS/c1-14-24-19-9-5-3-7-17(19)23-22(18-8-4-6-10-20(18)27(14)23)26-21(28)12-11-16-13-29-15(2)25-16/h3-13H,1-2H3,(H,26,28)/b12-11+. The van der Waals surface area contributed by atoms with Crippen LogP contribution >= 0.6 is 11.3 Å². The van der Waals surface area contributed by atoms with Gasteiger partial charge in [0.2, 0.25) is 5.91 Å². The van der Waals surface area contributed by atoms with Gasteiger partial charge in [-0.3, -0.25) is 9.20 Å². The molecule has 0 bridgehead atoms. The topological polar surface area (TPSA) is 59.3 Å². The predicted octanol–water partition coefficient (Wildman–Crippen LogP) is 5.37. The number of para-hydroxylation sites is 2. The van der Waals surface area contributed by atoms with Gasteiger partial charge in [-0.1, -0.05) is 36.4 Å². The Kier molecular flexibility index (Phi) is 4.14. The van der Waals surface area contributed by atoms with E-state index in [1.54, 1.807) is 17.4 Å². The molecule has 0 aliphatic heterocycles. The lowest BCUT2D eigenvalue weighted by Crippen LogP contribution is -2.08. The van der Waals surface area contributed by atoms with Crippen molar-refractivity contribution >= 4 is 56.3 Å². The Balaban J connectivity index is 1.69. The first-order valence-electron chi connectivity index (χ1n) is 9.31. The van der Waals surface area contributed by atoms with Crippen LogP contribution in [-0.4, -0.2) is 20.3 Å². The van der Waals surface area contributed by atoms with Crippen molar-refractivity contribution in [3.8, 4) is 0 Å². The highest BCUT2D eigenvalue weighted by Crippen LogP contribution is 2.36. The van der Waals surface area contributed by atoms with Gasteiger partial charge in [0, 0.05) is 22.2 Å². The summed E-state index contributed by atoms with van der Waals surface area (Å²) in [6, 6.07) is 16.1. The Morgan fingerprint density at radius 2 is 1.79 bits per heavy atom. The fourth-order valence-corrected chi connectivity index (χ4v) is 4.32. The molecule has 0 aliphatic carbocycles. The molecule has 0 atom stereocenters. The fraction of sp³-hybridized carbons (Fsp3) is 0.0870. The molecule has 0 spiro atoms. The lowest BCUT2D eigenvalue weighted by molar-refractivity contribution is -0.111. The molecular formula is C23H18N4OS. The van der Waals surface area contributed by atoms with Crippen LogP contribution in [0.25, 0.3) is 33.4 Å². The average Bonchev–Trinajstić information content (AvgIpc) is 3.29. The van der Waals surface area contributed by atoms with Gasteiger partial charge >= 0.3 is 0 Å². The first kappa shape index (κ1) is 17.6. The van der Waals surface area contributed by atoms with Gasteiger partial charge in [0.05, 0.1) is 32.9 Å². The number of nitrogens with one attached hydrogen (secondary N) is 1. The highest BCUT2D eigenvalue weighted by Gasteiger charge is 2.17. The van der Waals surface area contributed by atoms with Crippen molar-refractivity contribution in [1.29, 1.82) is 0 Å². The van der Waals surface area contributed by atoms with Gasteiger partial charge in [-0.2, -0.15) is 0 Å². The Hall–Kier alpha value is -3.51. The zero-order chi connectivity index (χ0) is 20.0. The number of rotatable bonds is 3. The summed E-state index contributed by atoms with van der Waals surface area (Å²) < 4.78 is 2.11. The van der Waals surface area contributed by atoms with E-state index in [4.69, 9.17) is 4.98 Å². The molecule has 0 aliphatic rings. The molecule has 1 N–H and O–H groups in total. The average molecular weight is 398 g/mol. The summed E-state index contributed by atoms with van der Waals surface area (Å²) in [4.78, 5) is 21.9. The quantitative estimate of drug-likeness (QED) is 0.416. The van der Waals surface area contributed by atoms with Crippen LogP contribution in [0.2, 0.25) is 0 Å². The van der Waals surface area contributed by atoms with Crippen molar-refractivity contribution in [2.24, 2.45) is 0 Å². The number of benzene rings is 2. The molecule has 6 heteroatoms. The van der Waals surface area contributed by atoms with E-state index in [1.807, 2.05) is 61.7 Å². The van der Waals surface area contributed by atoms with Crippen molar-refractivity contribution in [1.82, 2.24) is 14.4 Å². The second-order valence-corrected chi connectivity index (χ2v) is 7.93. The van der Waals surface area contributed by atoms with Gasteiger partial charge in [0.15, 0.2) is 0 Å². The van der Waals surface area contributed by atoms with Crippen LogP contribution in [0.4, 0.5) is 5.69 Å². The van der Waals surface area contributed by atoms with Crippen molar-refractivity contribution < 1.29 is 4.79 Å². The smallest absolute Gasteiger partial charge is 0.248 e. The maximum absolute atomic E-state index is 12.8. The second-order valence-electron chi connectivity index (χ2n) is 6.87. The molecule has 5 nitrogen and oxygen atoms in total. The van der Waals surface area contributed by atoms with Crippen molar-refractivity contribution in [2.75, 3.05) is 5.32 Å². The molecule has 3 heterocycles. The first-order valence-corrected chi connectivity index (χ1v) is 10.2. The zero-order valence-corrected chi connectivity index (χ0v) is 16.8. The third-order valence-electron chi connectivity index (χ3n) is 4.93. The minimum atomic E-state index is -0.188. The lowest BCUT2D eigenvalue weighted by Gasteiger charge is -2.08. The number of nitrogens with zero attached hydrogens (tertiary/aromatic N) is 3. The van der Waals surface area contributed by atoms with E-state index in [1.165, 1.54) is 6.08 Å². The molecule has 0 saturated carbocycles. The fourth-order valence-electron chi connectivity index (χ4n) is 3.74. The van der Waals surface area contributed by atoms with Gasteiger partial charge < -0.3 is 5.32 Å². The molecule has 0 radical (unpaired) electrons. The number of anilines is 1. The van der Waals surface area contributed by atoms with E-state index < -0.39 is 0 Å². The van der Waals surface area contributed by atoms with E-state index in [-0.39, 0.29) is 5.91 Å². The lowest BCUT2D eigenvalue weighted by atomic mass is 10.1. The zero-order valence-electron chi connectivity index (χ0n) is 16.0. The van der Waals surface area contributed by atoms with E-state index in [0.29, 0.717) is 0 Å². The summed E-state index contributed by atoms with van der Waals surface area (Å²) in [5, 5.41) is 8.01. The maximum Gasteiger partial charge on any atom is 0.248 e. The predicted molar refractivity (Wildman–Crippen MR) is 119 cm³/mol. The summed E-state index contributed by atoms with van der Waals surface area (Å²) in [5.74, 6) is 0.691. The SMILES string of the molecule is Cc1nc(/C=C/C(=O)Nc2c3ccccc3n3c(C)nc4ccccc4c23)cs1. The van der Waals surface area contributed by atoms with Crippen molar-refractivity contribution in [2.45, 2.75) is 13.8 Å². The molecule has 0 unspecified atom stereocenters. The number of thiazole rings is 1. The highest BCUT2D eigenvalue weighted by atomic mass is 32.1. The summed E-state index contributed by atoms with van der Waals surface area (Å²) in [7, 11) is 0. The van der Waals surface area contributed by atoms with Gasteiger partial charge in [0.25, 0.3) is 0 Å². The number of fused-ring (bicyclic) bond motifs is 5. The summed E-state index contributed by atoms with van der Waals surface area (Å²) in [6.45, 7) is 3.94. The number of carbonyl (C=O) groups excluding carboxylic acids is 1. The molecule has 2 aromatic carbocycles. The third-order valence-corrected chi connectivity index (χ3v) is 5.72. The highest BCUT2D eigenvalue weighted by molar-refractivity contribution is 7.09. The van der Waals surface area contributed by atoms with E-state index in [0.717, 1.165) is 49.5 Å². The number of aryl methyl sites for hydroxylation is 2. The molecule has 142 valence electrons. The Bertz CT molecular complexity index is 1430. The summed E-state index contributed by atoms with van der Waals surface area (Å²) in [6.07, 6.45) is 3.27. The van der Waals surface area contributed by atoms with Crippen LogP contribution in [0.15, 0.2) is 60.0 Å². The van der Waals surface area contributed by atoms with Gasteiger partial charge in [-0.25, -0.2) is 9.97 Å². The normalized spacial score (nSPS) is 11.8. The first-order chi connectivity index (χ1) is 14.1. The number of hydrogen-bond donors (Lipinski definition) is 1. The Morgan fingerprint density at radius 1 is 1.03 bits per heavy atom.